The Balaban J connectivity index is 2.25. The molecule has 39 heavy (non-hydrogen) atoms. The third-order valence-corrected chi connectivity index (χ3v) is 6.97. The summed E-state index contributed by atoms with van der Waals surface area (Å²) in [5.41, 5.74) is 8.37. The van der Waals surface area contributed by atoms with Crippen molar-refractivity contribution in [3.05, 3.63) is 65.5 Å². The van der Waals surface area contributed by atoms with Crippen LogP contribution in [0.3, 0.4) is 0 Å². The van der Waals surface area contributed by atoms with Gasteiger partial charge in [0.05, 0.1) is 6.04 Å². The maximum absolute atomic E-state index is 13.3. The molecule has 0 aromatic heterocycles. The SMILES string of the molecule is CSCC[C@H](NC(=O)[C@H](Cc1cccc(N(CCCl)CCCl)c1)NC(=O)[C@@H](N)Cc1ccc(F)cc1)C(=O)O. The van der Waals surface area contributed by atoms with Crippen molar-refractivity contribution < 1.29 is 23.9 Å². The summed E-state index contributed by atoms with van der Waals surface area (Å²) in [6.45, 7) is 1.15. The van der Waals surface area contributed by atoms with Gasteiger partial charge in [-0.05, 0) is 60.2 Å². The summed E-state index contributed by atoms with van der Waals surface area (Å²) in [4.78, 5) is 40.0. The maximum atomic E-state index is 13.3. The molecule has 0 saturated carbocycles. The number of benzene rings is 2. The number of carboxylic acids is 1. The zero-order valence-corrected chi connectivity index (χ0v) is 24.1. The molecular formula is C27H35Cl2FN4O4S. The number of nitrogens with zero attached hydrogens (tertiary/aromatic N) is 1. The fourth-order valence-corrected chi connectivity index (χ4v) is 4.79. The van der Waals surface area contributed by atoms with Crippen LogP contribution in [0.15, 0.2) is 48.5 Å². The van der Waals surface area contributed by atoms with E-state index in [0.29, 0.717) is 36.2 Å². The van der Waals surface area contributed by atoms with Crippen LogP contribution in [0.5, 0.6) is 0 Å². The lowest BCUT2D eigenvalue weighted by molar-refractivity contribution is -0.142. The Labute approximate surface area is 242 Å². The molecule has 0 aliphatic rings. The van der Waals surface area contributed by atoms with E-state index in [0.717, 1.165) is 11.3 Å². The van der Waals surface area contributed by atoms with Gasteiger partial charge in [0.25, 0.3) is 0 Å². The van der Waals surface area contributed by atoms with Gasteiger partial charge in [-0.15, -0.1) is 23.2 Å². The van der Waals surface area contributed by atoms with Crippen molar-refractivity contribution in [2.45, 2.75) is 37.4 Å². The normalized spacial score (nSPS) is 13.3. The number of carbonyl (C=O) groups excluding carboxylic acids is 2. The van der Waals surface area contributed by atoms with Gasteiger partial charge in [-0.2, -0.15) is 11.8 Å². The molecule has 8 nitrogen and oxygen atoms in total. The third kappa shape index (κ3) is 11.2. The Morgan fingerprint density at radius 1 is 0.974 bits per heavy atom. The molecule has 5 N–H and O–H groups in total. The van der Waals surface area contributed by atoms with Gasteiger partial charge in [0.1, 0.15) is 17.9 Å². The number of anilines is 1. The number of halogens is 3. The molecule has 0 aliphatic heterocycles. The minimum Gasteiger partial charge on any atom is -0.480 e. The van der Waals surface area contributed by atoms with Crippen molar-refractivity contribution in [2.75, 3.05) is 41.8 Å². The first-order valence-corrected chi connectivity index (χ1v) is 14.9. The van der Waals surface area contributed by atoms with E-state index in [2.05, 4.69) is 10.6 Å². The van der Waals surface area contributed by atoms with E-state index < -0.39 is 41.7 Å². The second-order valence-electron chi connectivity index (χ2n) is 8.92. The van der Waals surface area contributed by atoms with E-state index in [4.69, 9.17) is 28.9 Å². The quantitative estimate of drug-likeness (QED) is 0.206. The Hall–Kier alpha value is -2.53. The monoisotopic (exact) mass is 600 g/mol. The van der Waals surface area contributed by atoms with Crippen LogP contribution >= 0.6 is 35.0 Å². The van der Waals surface area contributed by atoms with Gasteiger partial charge in [-0.3, -0.25) is 9.59 Å². The molecule has 3 atom stereocenters. The smallest absolute Gasteiger partial charge is 0.326 e. The van der Waals surface area contributed by atoms with Crippen LogP contribution in [0.1, 0.15) is 17.5 Å². The molecule has 0 radical (unpaired) electrons. The number of thioether (sulfide) groups is 1. The topological polar surface area (TPSA) is 125 Å². The highest BCUT2D eigenvalue weighted by atomic mass is 35.5. The molecule has 12 heteroatoms. The van der Waals surface area contributed by atoms with E-state index in [1.807, 2.05) is 35.4 Å². The first-order chi connectivity index (χ1) is 18.7. The number of carboxylic acid groups (broad SMARTS) is 1. The molecule has 0 spiro atoms. The number of aliphatic carboxylic acids is 1. The molecule has 0 saturated heterocycles. The number of amides is 2. The summed E-state index contributed by atoms with van der Waals surface area (Å²) in [5.74, 6) is -1.43. The lowest BCUT2D eigenvalue weighted by atomic mass is 10.0. The number of carbonyl (C=O) groups is 3. The van der Waals surface area contributed by atoms with Crippen LogP contribution in [0.25, 0.3) is 0 Å². The fourth-order valence-electron chi connectivity index (χ4n) is 3.91. The average Bonchev–Trinajstić information content (AvgIpc) is 2.91. The van der Waals surface area contributed by atoms with E-state index in [-0.39, 0.29) is 19.3 Å². The molecule has 0 unspecified atom stereocenters. The Morgan fingerprint density at radius 2 is 1.62 bits per heavy atom. The van der Waals surface area contributed by atoms with E-state index >= 15 is 0 Å². The molecule has 0 fully saturated rings. The highest BCUT2D eigenvalue weighted by Gasteiger charge is 2.28. The zero-order valence-electron chi connectivity index (χ0n) is 21.7. The summed E-state index contributed by atoms with van der Waals surface area (Å²) in [6, 6.07) is 9.86. The van der Waals surface area contributed by atoms with Crippen molar-refractivity contribution in [1.82, 2.24) is 10.6 Å². The molecule has 0 bridgehead atoms. The molecule has 214 valence electrons. The first-order valence-electron chi connectivity index (χ1n) is 12.5. The summed E-state index contributed by atoms with van der Waals surface area (Å²) in [7, 11) is 0. The number of nitrogens with one attached hydrogen (secondary N) is 2. The Morgan fingerprint density at radius 3 is 2.21 bits per heavy atom. The summed E-state index contributed by atoms with van der Waals surface area (Å²) >= 11 is 13.4. The van der Waals surface area contributed by atoms with E-state index in [9.17, 15) is 23.9 Å². The number of hydrogen-bond acceptors (Lipinski definition) is 6. The van der Waals surface area contributed by atoms with E-state index in [1.165, 1.54) is 36.0 Å². The predicted octanol–water partition coefficient (Wildman–Crippen LogP) is 3.03. The van der Waals surface area contributed by atoms with Crippen LogP contribution < -0.4 is 21.3 Å². The number of nitrogens with two attached hydrogens (primary N) is 1. The van der Waals surface area contributed by atoms with Crippen LogP contribution in [-0.2, 0) is 27.2 Å². The molecule has 2 aromatic carbocycles. The second kappa shape index (κ2) is 17.2. The molecule has 2 aromatic rings. The van der Waals surface area contributed by atoms with Crippen molar-refractivity contribution in [3.8, 4) is 0 Å². The van der Waals surface area contributed by atoms with Crippen LogP contribution in [-0.4, -0.2) is 77.9 Å². The van der Waals surface area contributed by atoms with Crippen molar-refractivity contribution >= 4 is 58.4 Å². The predicted molar refractivity (Wildman–Crippen MR) is 156 cm³/mol. The largest absolute Gasteiger partial charge is 0.480 e. The Kier molecular flexibility index (Phi) is 14.4. The van der Waals surface area contributed by atoms with Gasteiger partial charge in [-0.1, -0.05) is 24.3 Å². The third-order valence-electron chi connectivity index (χ3n) is 5.99. The van der Waals surface area contributed by atoms with E-state index in [1.54, 1.807) is 0 Å². The van der Waals surface area contributed by atoms with Gasteiger partial charge in [-0.25, -0.2) is 9.18 Å². The number of hydrogen-bond donors (Lipinski definition) is 4. The van der Waals surface area contributed by atoms with Gasteiger partial charge < -0.3 is 26.4 Å². The zero-order chi connectivity index (χ0) is 28.8. The van der Waals surface area contributed by atoms with Gasteiger partial charge in [0.2, 0.25) is 11.8 Å². The molecule has 2 amide bonds. The number of alkyl halides is 2. The minimum absolute atomic E-state index is 0.0964. The van der Waals surface area contributed by atoms with Gasteiger partial charge in [0.15, 0.2) is 0 Å². The summed E-state index contributed by atoms with van der Waals surface area (Å²) in [6.07, 6.45) is 2.30. The van der Waals surface area contributed by atoms with Gasteiger partial charge >= 0.3 is 5.97 Å². The number of rotatable bonds is 17. The van der Waals surface area contributed by atoms with Crippen LogP contribution in [0, 0.1) is 5.82 Å². The van der Waals surface area contributed by atoms with Crippen LogP contribution in [0.2, 0.25) is 0 Å². The fraction of sp³-hybridized carbons (Fsp3) is 0.444. The van der Waals surface area contributed by atoms with Crippen LogP contribution in [0.4, 0.5) is 10.1 Å². The first kappa shape index (κ1) is 32.7. The molecule has 0 aliphatic carbocycles. The van der Waals surface area contributed by atoms with Crippen molar-refractivity contribution in [3.63, 3.8) is 0 Å². The standard InChI is InChI=1S/C27H35Cl2FN4O4S/c1-39-14-9-23(27(37)38)32-26(36)24(33-25(35)22(31)16-18-5-7-20(30)8-6-18)17-19-3-2-4-21(15-19)34(12-10-28)13-11-29/h2-8,15,22-24H,9-14,16-17,31H2,1H3,(H,32,36)(H,33,35)(H,37,38)/t22-,23-,24-/m0/s1. The highest BCUT2D eigenvalue weighted by molar-refractivity contribution is 7.98. The second-order valence-corrected chi connectivity index (χ2v) is 10.7. The lowest BCUT2D eigenvalue weighted by Gasteiger charge is -2.25. The van der Waals surface area contributed by atoms with Crippen molar-refractivity contribution in [1.29, 1.82) is 0 Å². The van der Waals surface area contributed by atoms with Gasteiger partial charge in [0, 0.05) is 37.0 Å². The highest BCUT2D eigenvalue weighted by Crippen LogP contribution is 2.18. The molecule has 2 rings (SSSR count). The molecular weight excluding hydrogens is 566 g/mol. The Bertz CT molecular complexity index is 1070. The average molecular weight is 602 g/mol. The molecule has 0 heterocycles. The van der Waals surface area contributed by atoms with Crippen molar-refractivity contribution in [2.24, 2.45) is 5.73 Å². The summed E-state index contributed by atoms with van der Waals surface area (Å²) in [5, 5.41) is 14.8. The summed E-state index contributed by atoms with van der Waals surface area (Å²) < 4.78 is 13.2. The minimum atomic E-state index is -1.16. The lowest BCUT2D eigenvalue weighted by Crippen LogP contribution is -2.55. The maximum Gasteiger partial charge on any atom is 0.326 e.